The van der Waals surface area contributed by atoms with Crippen molar-refractivity contribution in [1.29, 1.82) is 0 Å². The molecule has 0 spiro atoms. The molecule has 1 aromatic heterocycles. The summed E-state index contributed by atoms with van der Waals surface area (Å²) in [6.45, 7) is 0.0846. The van der Waals surface area contributed by atoms with Crippen LogP contribution in [0.25, 0.3) is 0 Å². The number of isothiocyanates is 1. The summed E-state index contributed by atoms with van der Waals surface area (Å²) in [6, 6.07) is 10.5. The van der Waals surface area contributed by atoms with Crippen LogP contribution in [0.15, 0.2) is 53.8 Å². The zero-order valence-corrected chi connectivity index (χ0v) is 15.2. The fourth-order valence-corrected chi connectivity index (χ4v) is 3.46. The summed E-state index contributed by atoms with van der Waals surface area (Å²) in [5.74, 6) is -1.18. The van der Waals surface area contributed by atoms with Gasteiger partial charge in [0.05, 0.1) is 11.7 Å². The Morgan fingerprint density at radius 3 is 2.85 bits per heavy atom. The van der Waals surface area contributed by atoms with Crippen molar-refractivity contribution in [1.82, 2.24) is 14.8 Å². The lowest BCUT2D eigenvalue weighted by molar-refractivity contribution is 0.257. The molecule has 1 aliphatic rings. The largest absolute Gasteiger partial charge is 0.354 e. The molecule has 9 heteroatoms. The fraction of sp³-hybridized carbons (Fsp3) is 0.167. The van der Waals surface area contributed by atoms with Crippen LogP contribution in [0, 0.1) is 11.6 Å². The van der Waals surface area contributed by atoms with E-state index in [4.69, 9.17) is 16.3 Å². The minimum Gasteiger partial charge on any atom is -0.354 e. The maximum atomic E-state index is 14.6. The van der Waals surface area contributed by atoms with Crippen molar-refractivity contribution in [2.45, 2.75) is 18.2 Å². The molecule has 0 bridgehead atoms. The fourth-order valence-electron chi connectivity index (χ4n) is 3.14. The number of halogens is 3. The highest BCUT2D eigenvalue weighted by atomic mass is 35.5. The van der Waals surface area contributed by atoms with Gasteiger partial charge in [-0.15, -0.1) is 0 Å². The van der Waals surface area contributed by atoms with Crippen LogP contribution in [0.3, 0.4) is 0 Å². The van der Waals surface area contributed by atoms with Crippen LogP contribution in [0.4, 0.5) is 14.7 Å². The van der Waals surface area contributed by atoms with E-state index in [1.807, 2.05) is 6.07 Å². The number of hydrogen-bond donors (Lipinski definition) is 0. The quantitative estimate of drug-likeness (QED) is 0.354. The van der Waals surface area contributed by atoms with Crippen LogP contribution in [0.2, 0.25) is 5.02 Å². The summed E-state index contributed by atoms with van der Waals surface area (Å²) in [6.07, 6.45) is 0.757. The standard InChI is InChI=1S/C18H11ClF2N4OS/c19-14-4-2-1-3-12(14)16-18(26-16,13-6-5-11(20)7-15(13)21)8-25-17(23-10-27)22-9-24-25/h1-7,9,16H,8H2/t16?,18-/m1/s1. The molecule has 1 unspecified atom stereocenters. The van der Waals surface area contributed by atoms with E-state index < -0.39 is 23.3 Å². The van der Waals surface area contributed by atoms with Gasteiger partial charge in [-0.1, -0.05) is 35.9 Å². The highest BCUT2D eigenvalue weighted by Gasteiger charge is 2.61. The van der Waals surface area contributed by atoms with Gasteiger partial charge in [0, 0.05) is 22.2 Å². The summed E-state index contributed by atoms with van der Waals surface area (Å²) in [4.78, 5) is 7.83. The summed E-state index contributed by atoms with van der Waals surface area (Å²) in [5, 5.41) is 6.81. The van der Waals surface area contributed by atoms with E-state index in [9.17, 15) is 8.78 Å². The average Bonchev–Trinajstić information content (AvgIpc) is 3.18. The molecule has 2 aromatic carbocycles. The number of thiocarbonyl (C=S) groups is 1. The van der Waals surface area contributed by atoms with E-state index >= 15 is 0 Å². The van der Waals surface area contributed by atoms with E-state index in [-0.39, 0.29) is 18.1 Å². The Morgan fingerprint density at radius 1 is 1.30 bits per heavy atom. The van der Waals surface area contributed by atoms with Gasteiger partial charge in [0.1, 0.15) is 29.7 Å². The minimum absolute atomic E-state index is 0.0846. The van der Waals surface area contributed by atoms with Gasteiger partial charge in [0.15, 0.2) is 0 Å². The first-order chi connectivity index (χ1) is 13.0. The number of nitrogens with zero attached hydrogens (tertiary/aromatic N) is 4. The molecule has 1 saturated heterocycles. The topological polar surface area (TPSA) is 55.6 Å². The van der Waals surface area contributed by atoms with Crippen molar-refractivity contribution < 1.29 is 13.5 Å². The van der Waals surface area contributed by atoms with Gasteiger partial charge in [0.2, 0.25) is 0 Å². The summed E-state index contributed by atoms with van der Waals surface area (Å²) in [7, 11) is 0. The van der Waals surface area contributed by atoms with Crippen molar-refractivity contribution in [2.75, 3.05) is 0 Å². The summed E-state index contributed by atoms with van der Waals surface area (Å²) < 4.78 is 35.4. The molecule has 0 amide bonds. The highest BCUT2D eigenvalue weighted by Crippen LogP contribution is 2.59. The number of rotatable bonds is 5. The first kappa shape index (κ1) is 17.9. The number of hydrogen-bond acceptors (Lipinski definition) is 5. The molecule has 136 valence electrons. The number of ether oxygens (including phenoxy) is 1. The normalized spacial score (nSPS) is 20.9. The van der Waals surface area contributed by atoms with Gasteiger partial charge in [-0.3, -0.25) is 0 Å². The van der Waals surface area contributed by atoms with Gasteiger partial charge in [-0.2, -0.15) is 15.1 Å². The summed E-state index contributed by atoms with van der Waals surface area (Å²) in [5.41, 5.74) is -0.244. The van der Waals surface area contributed by atoms with Crippen molar-refractivity contribution in [3.8, 4) is 0 Å². The summed E-state index contributed by atoms with van der Waals surface area (Å²) >= 11 is 10.9. The van der Waals surface area contributed by atoms with E-state index in [1.165, 1.54) is 23.1 Å². The monoisotopic (exact) mass is 404 g/mol. The molecule has 5 nitrogen and oxygen atoms in total. The predicted molar refractivity (Wildman–Crippen MR) is 98.0 cm³/mol. The minimum atomic E-state index is -1.14. The highest BCUT2D eigenvalue weighted by molar-refractivity contribution is 7.78. The average molecular weight is 405 g/mol. The van der Waals surface area contributed by atoms with Gasteiger partial charge in [-0.05, 0) is 24.4 Å². The Bertz CT molecular complexity index is 1070. The second kappa shape index (κ2) is 6.90. The van der Waals surface area contributed by atoms with E-state index in [2.05, 4.69) is 32.5 Å². The van der Waals surface area contributed by atoms with E-state index in [0.29, 0.717) is 10.6 Å². The molecule has 2 atom stereocenters. The van der Waals surface area contributed by atoms with Crippen LogP contribution >= 0.6 is 23.8 Å². The van der Waals surface area contributed by atoms with Crippen molar-refractivity contribution >= 4 is 34.9 Å². The molecular formula is C18H11ClF2N4OS. The molecule has 0 radical (unpaired) electrons. The van der Waals surface area contributed by atoms with Crippen molar-refractivity contribution in [2.24, 2.45) is 4.99 Å². The van der Waals surface area contributed by atoms with Crippen molar-refractivity contribution in [3.05, 3.63) is 76.6 Å². The Morgan fingerprint density at radius 2 is 2.11 bits per heavy atom. The van der Waals surface area contributed by atoms with Crippen molar-refractivity contribution in [3.63, 3.8) is 0 Å². The van der Waals surface area contributed by atoms with Gasteiger partial charge in [0.25, 0.3) is 5.95 Å². The lowest BCUT2D eigenvalue weighted by Crippen LogP contribution is -2.21. The molecule has 27 heavy (non-hydrogen) atoms. The SMILES string of the molecule is Fc1ccc([C@@]2(Cn3ncnc3N=C=S)OC2c2ccccc2Cl)c(F)c1. The van der Waals surface area contributed by atoms with Crippen LogP contribution < -0.4 is 0 Å². The van der Waals surface area contributed by atoms with Crippen LogP contribution in [0.5, 0.6) is 0 Å². The Kier molecular flexibility index (Phi) is 4.57. The molecule has 0 saturated carbocycles. The zero-order valence-electron chi connectivity index (χ0n) is 13.6. The zero-order chi connectivity index (χ0) is 19.0. The number of epoxide rings is 1. The molecule has 1 aliphatic heterocycles. The number of benzene rings is 2. The van der Waals surface area contributed by atoms with Gasteiger partial charge < -0.3 is 4.74 Å². The Labute approximate surface area is 163 Å². The van der Waals surface area contributed by atoms with Gasteiger partial charge in [-0.25, -0.2) is 13.5 Å². The first-order valence-electron chi connectivity index (χ1n) is 7.88. The maximum absolute atomic E-state index is 14.6. The van der Waals surface area contributed by atoms with Gasteiger partial charge >= 0.3 is 0 Å². The molecule has 4 rings (SSSR count). The Balaban J connectivity index is 1.81. The third kappa shape index (κ3) is 3.17. The Hall–Kier alpha value is -2.51. The predicted octanol–water partition coefficient (Wildman–Crippen LogP) is 4.61. The van der Waals surface area contributed by atoms with Crippen LogP contribution in [-0.4, -0.2) is 19.9 Å². The molecular weight excluding hydrogens is 394 g/mol. The number of aliphatic imine (C=N–C) groups is 1. The third-order valence-electron chi connectivity index (χ3n) is 4.39. The molecule has 0 N–H and O–H groups in total. The lowest BCUT2D eigenvalue weighted by Gasteiger charge is -2.15. The van der Waals surface area contributed by atoms with E-state index in [0.717, 1.165) is 6.07 Å². The molecule has 0 aliphatic carbocycles. The number of aromatic nitrogens is 3. The van der Waals surface area contributed by atoms with Crippen LogP contribution in [-0.2, 0) is 16.9 Å². The second-order valence-electron chi connectivity index (χ2n) is 5.95. The second-order valence-corrected chi connectivity index (χ2v) is 6.54. The smallest absolute Gasteiger partial charge is 0.257 e. The first-order valence-corrected chi connectivity index (χ1v) is 8.67. The lowest BCUT2D eigenvalue weighted by atomic mass is 9.91. The van der Waals surface area contributed by atoms with Crippen LogP contribution in [0.1, 0.15) is 17.2 Å². The molecule has 1 fully saturated rings. The maximum Gasteiger partial charge on any atom is 0.257 e. The molecule has 2 heterocycles. The third-order valence-corrected chi connectivity index (χ3v) is 4.83. The molecule has 3 aromatic rings. The van der Waals surface area contributed by atoms with E-state index in [1.54, 1.807) is 18.2 Å².